The lowest BCUT2D eigenvalue weighted by atomic mass is 10.3. The molecule has 0 N–H and O–H groups in total. The lowest BCUT2D eigenvalue weighted by Gasteiger charge is -1.88. The van der Waals surface area contributed by atoms with Crippen LogP contribution in [0.4, 0.5) is 0 Å². The minimum absolute atomic E-state index is 0.00713. The molecule has 72 valence electrons. The van der Waals surface area contributed by atoms with Crippen LogP contribution in [0.15, 0.2) is 22.2 Å². The van der Waals surface area contributed by atoms with Gasteiger partial charge in [0.25, 0.3) is 0 Å². The number of aromatic nitrogens is 1. The minimum Gasteiger partial charge on any atom is -0.291 e. The number of carbonyl (C=O) groups is 1. The van der Waals surface area contributed by atoms with Crippen LogP contribution in [0.2, 0.25) is 0 Å². The Labute approximate surface area is 94.2 Å². The van der Waals surface area contributed by atoms with Gasteiger partial charge in [0.2, 0.25) is 0 Å². The summed E-state index contributed by atoms with van der Waals surface area (Å²) in [5.74, 6) is -0.128. The third-order valence-electron chi connectivity index (χ3n) is 1.68. The summed E-state index contributed by atoms with van der Waals surface area (Å²) in [4.78, 5) is 15.4. The second-order valence-corrected chi connectivity index (χ2v) is 4.51. The predicted octanol–water partition coefficient (Wildman–Crippen LogP) is 3.29. The fraction of sp³-hybridized carbons (Fsp3) is 0.111. The Morgan fingerprint density at radius 3 is 3.00 bits per heavy atom. The van der Waals surface area contributed by atoms with E-state index in [1.165, 1.54) is 11.3 Å². The Balaban J connectivity index is 2.31. The van der Waals surface area contributed by atoms with Gasteiger partial charge in [0.15, 0.2) is 5.78 Å². The van der Waals surface area contributed by atoms with Gasteiger partial charge in [-0.1, -0.05) is 0 Å². The van der Waals surface area contributed by atoms with Crippen molar-refractivity contribution < 1.29 is 4.79 Å². The summed E-state index contributed by atoms with van der Waals surface area (Å²) in [5.41, 5.74) is 1.53. The lowest BCUT2D eigenvalue weighted by molar-refractivity contribution is 0.101. The number of ketones is 1. The molecule has 0 saturated heterocycles. The summed E-state index contributed by atoms with van der Waals surface area (Å²) in [6.45, 7) is 0. The van der Waals surface area contributed by atoms with Gasteiger partial charge in [-0.3, -0.25) is 4.79 Å². The van der Waals surface area contributed by atoms with Crippen molar-refractivity contribution in [3.8, 4) is 10.6 Å². The van der Waals surface area contributed by atoms with Crippen molar-refractivity contribution >= 4 is 40.1 Å². The fourth-order valence-electron chi connectivity index (χ4n) is 0.989. The maximum Gasteiger partial charge on any atom is 0.196 e. The molecule has 2 aromatic rings. The summed E-state index contributed by atoms with van der Waals surface area (Å²) in [6, 6.07) is 1.98. The van der Waals surface area contributed by atoms with Crippen molar-refractivity contribution in [3.05, 3.63) is 27.9 Å². The predicted molar refractivity (Wildman–Crippen MR) is 60.5 cm³/mol. The third-order valence-corrected chi connectivity index (χ3v) is 3.50. The zero-order chi connectivity index (χ0) is 9.97. The van der Waals surface area contributed by atoms with Crippen LogP contribution >= 0.6 is 34.3 Å². The Morgan fingerprint density at radius 2 is 2.36 bits per heavy atom. The summed E-state index contributed by atoms with van der Waals surface area (Å²) in [7, 11) is 0. The zero-order valence-corrected chi connectivity index (χ0v) is 9.46. The molecule has 0 spiro atoms. The van der Waals surface area contributed by atoms with Gasteiger partial charge in [-0.25, -0.2) is 4.98 Å². The molecular formula is C9H6ClNOS2. The van der Waals surface area contributed by atoms with Crippen molar-refractivity contribution in [3.63, 3.8) is 0 Å². The van der Waals surface area contributed by atoms with Crippen molar-refractivity contribution in [1.29, 1.82) is 0 Å². The van der Waals surface area contributed by atoms with Crippen LogP contribution in [0.25, 0.3) is 10.6 Å². The number of nitrogens with zero attached hydrogens (tertiary/aromatic N) is 1. The second kappa shape index (κ2) is 4.21. The van der Waals surface area contributed by atoms with Gasteiger partial charge in [0.05, 0.1) is 5.88 Å². The first-order chi connectivity index (χ1) is 6.81. The van der Waals surface area contributed by atoms with E-state index in [0.717, 1.165) is 10.6 Å². The van der Waals surface area contributed by atoms with Crippen LogP contribution in [0.5, 0.6) is 0 Å². The molecule has 0 bridgehead atoms. The molecule has 5 heteroatoms. The standard InChI is InChI=1S/C9H6ClNOS2/c10-3-8(12)7-5-14-9(11-7)6-1-2-13-4-6/h1-2,4-5H,3H2. The second-order valence-electron chi connectivity index (χ2n) is 2.61. The molecule has 0 aromatic carbocycles. The Bertz CT molecular complexity index is 435. The number of Topliss-reactive ketones (excluding diaryl/α,β-unsaturated/α-hetero) is 1. The number of thiophene rings is 1. The number of rotatable bonds is 3. The van der Waals surface area contributed by atoms with Crippen LogP contribution < -0.4 is 0 Å². The number of hydrogen-bond donors (Lipinski definition) is 0. The maximum atomic E-state index is 11.2. The molecule has 0 aliphatic carbocycles. The van der Waals surface area contributed by atoms with Crippen LogP contribution in [0.3, 0.4) is 0 Å². The maximum absolute atomic E-state index is 11.2. The normalized spacial score (nSPS) is 10.4. The molecule has 2 nitrogen and oxygen atoms in total. The molecule has 0 amide bonds. The highest BCUT2D eigenvalue weighted by Crippen LogP contribution is 2.25. The highest BCUT2D eigenvalue weighted by Gasteiger charge is 2.10. The molecular weight excluding hydrogens is 238 g/mol. The van der Waals surface area contributed by atoms with Crippen molar-refractivity contribution in [2.45, 2.75) is 0 Å². The largest absolute Gasteiger partial charge is 0.291 e. The number of halogens is 1. The molecule has 2 heterocycles. The quantitative estimate of drug-likeness (QED) is 0.612. The van der Waals surface area contributed by atoms with E-state index in [4.69, 9.17) is 11.6 Å². The Hall–Kier alpha value is -0.710. The van der Waals surface area contributed by atoms with E-state index in [9.17, 15) is 4.79 Å². The van der Waals surface area contributed by atoms with E-state index in [-0.39, 0.29) is 11.7 Å². The lowest BCUT2D eigenvalue weighted by Crippen LogP contribution is -1.99. The average molecular weight is 244 g/mol. The van der Waals surface area contributed by atoms with Crippen LogP contribution in [-0.4, -0.2) is 16.6 Å². The smallest absolute Gasteiger partial charge is 0.196 e. The van der Waals surface area contributed by atoms with Crippen LogP contribution in [-0.2, 0) is 0 Å². The number of alkyl halides is 1. The van der Waals surface area contributed by atoms with Gasteiger partial charge in [-0.2, -0.15) is 11.3 Å². The SMILES string of the molecule is O=C(CCl)c1csc(-c2ccsc2)n1. The molecule has 0 fully saturated rings. The number of hydrogen-bond acceptors (Lipinski definition) is 4. The summed E-state index contributed by atoms with van der Waals surface area (Å²) >= 11 is 8.52. The molecule has 2 rings (SSSR count). The van der Waals surface area contributed by atoms with Crippen molar-refractivity contribution in [2.75, 3.05) is 5.88 Å². The molecule has 0 aliphatic heterocycles. The van der Waals surface area contributed by atoms with Crippen LogP contribution in [0, 0.1) is 0 Å². The molecule has 0 aliphatic rings. The Morgan fingerprint density at radius 1 is 1.50 bits per heavy atom. The molecule has 2 aromatic heterocycles. The van der Waals surface area contributed by atoms with Gasteiger partial charge < -0.3 is 0 Å². The van der Waals surface area contributed by atoms with Gasteiger partial charge in [0, 0.05) is 16.3 Å². The highest BCUT2D eigenvalue weighted by atomic mass is 35.5. The first-order valence-corrected chi connectivity index (χ1v) is 6.24. The number of carbonyl (C=O) groups excluding carboxylic acids is 1. The van der Waals surface area contributed by atoms with Gasteiger partial charge in [0.1, 0.15) is 10.7 Å². The van der Waals surface area contributed by atoms with Gasteiger partial charge in [-0.05, 0) is 11.4 Å². The van der Waals surface area contributed by atoms with Gasteiger partial charge in [-0.15, -0.1) is 22.9 Å². The molecule has 0 saturated carbocycles. The topological polar surface area (TPSA) is 30.0 Å². The van der Waals surface area contributed by atoms with Crippen molar-refractivity contribution in [1.82, 2.24) is 4.98 Å². The molecule has 0 unspecified atom stereocenters. The first kappa shape index (κ1) is 9.83. The van der Waals surface area contributed by atoms with E-state index in [1.54, 1.807) is 16.7 Å². The molecule has 14 heavy (non-hydrogen) atoms. The van der Waals surface area contributed by atoms with Gasteiger partial charge >= 0.3 is 0 Å². The average Bonchev–Trinajstić information content (AvgIpc) is 2.86. The molecule has 0 atom stereocenters. The highest BCUT2D eigenvalue weighted by molar-refractivity contribution is 7.14. The van der Waals surface area contributed by atoms with E-state index in [0.29, 0.717) is 5.69 Å². The van der Waals surface area contributed by atoms with Crippen LogP contribution in [0.1, 0.15) is 10.5 Å². The Kier molecular flexibility index (Phi) is 2.96. The zero-order valence-electron chi connectivity index (χ0n) is 7.07. The monoisotopic (exact) mass is 243 g/mol. The molecule has 0 radical (unpaired) electrons. The first-order valence-electron chi connectivity index (χ1n) is 3.88. The van der Waals surface area contributed by atoms with E-state index in [1.807, 2.05) is 16.8 Å². The summed E-state index contributed by atoms with van der Waals surface area (Å²) in [6.07, 6.45) is 0. The van der Waals surface area contributed by atoms with Crippen molar-refractivity contribution in [2.24, 2.45) is 0 Å². The summed E-state index contributed by atoms with van der Waals surface area (Å²) < 4.78 is 0. The fourth-order valence-corrected chi connectivity index (χ4v) is 2.66. The number of thiazole rings is 1. The minimum atomic E-state index is -0.121. The third kappa shape index (κ3) is 1.87. The van der Waals surface area contributed by atoms with E-state index < -0.39 is 0 Å². The van der Waals surface area contributed by atoms with E-state index >= 15 is 0 Å². The van der Waals surface area contributed by atoms with E-state index in [2.05, 4.69) is 4.98 Å². The summed E-state index contributed by atoms with van der Waals surface area (Å²) in [5, 5.41) is 6.62.